The van der Waals surface area contributed by atoms with Crippen molar-refractivity contribution in [2.45, 2.75) is 20.3 Å². The van der Waals surface area contributed by atoms with Gasteiger partial charge in [-0.15, -0.1) is 0 Å². The first-order chi connectivity index (χ1) is 11.4. The molecule has 2 aromatic heterocycles. The highest BCUT2D eigenvalue weighted by molar-refractivity contribution is 5.96. The molecule has 122 valence electrons. The average Bonchev–Trinajstić information content (AvgIpc) is 2.97. The zero-order chi connectivity index (χ0) is 17.3. The number of hydrogen-bond donors (Lipinski definition) is 0. The molecule has 3 rings (SSSR count). The van der Waals surface area contributed by atoms with Crippen molar-refractivity contribution in [3.05, 3.63) is 64.5 Å². The molecule has 0 N–H and O–H groups in total. The lowest BCUT2D eigenvalue weighted by Crippen LogP contribution is -2.04. The molecule has 6 nitrogen and oxygen atoms in total. The van der Waals surface area contributed by atoms with Crippen LogP contribution in [0.5, 0.6) is 0 Å². The molecule has 0 aliphatic heterocycles. The van der Waals surface area contributed by atoms with Crippen molar-refractivity contribution in [1.82, 2.24) is 9.38 Å². The number of nitro groups is 1. The molecule has 0 atom stereocenters. The van der Waals surface area contributed by atoms with E-state index in [1.165, 1.54) is 12.1 Å². The molecule has 2 heterocycles. The Kier molecular flexibility index (Phi) is 4.12. The maximum atomic E-state index is 12.2. The van der Waals surface area contributed by atoms with Gasteiger partial charge in [0.1, 0.15) is 5.65 Å². The summed E-state index contributed by atoms with van der Waals surface area (Å²) in [6.07, 6.45) is 4.03. The molecule has 0 radical (unpaired) electrons. The molecule has 3 aromatic rings. The van der Waals surface area contributed by atoms with Crippen LogP contribution in [0.4, 0.5) is 5.69 Å². The van der Waals surface area contributed by atoms with Gasteiger partial charge >= 0.3 is 0 Å². The molecule has 0 saturated carbocycles. The number of carbonyl (C=O) groups is 1. The van der Waals surface area contributed by atoms with Crippen LogP contribution in [-0.2, 0) is 0 Å². The van der Waals surface area contributed by atoms with Crippen LogP contribution >= 0.6 is 0 Å². The summed E-state index contributed by atoms with van der Waals surface area (Å²) in [4.78, 5) is 27.1. The van der Waals surface area contributed by atoms with Gasteiger partial charge in [0.15, 0.2) is 5.78 Å². The molecule has 0 spiro atoms. The number of nitro benzene ring substituents is 1. The molecular formula is C18H17N3O3. The minimum atomic E-state index is -0.429. The van der Waals surface area contributed by atoms with E-state index in [1.807, 2.05) is 13.8 Å². The Labute approximate surface area is 138 Å². The second-order valence-corrected chi connectivity index (χ2v) is 6.14. The van der Waals surface area contributed by atoms with Crippen LogP contribution in [-0.4, -0.2) is 20.1 Å². The predicted molar refractivity (Wildman–Crippen MR) is 91.1 cm³/mol. The van der Waals surface area contributed by atoms with Crippen molar-refractivity contribution in [2.75, 3.05) is 0 Å². The van der Waals surface area contributed by atoms with E-state index in [1.54, 1.807) is 41.1 Å². The Morgan fingerprint density at radius 2 is 2.04 bits per heavy atom. The maximum Gasteiger partial charge on any atom is 0.270 e. The molecule has 0 saturated heterocycles. The van der Waals surface area contributed by atoms with Crippen molar-refractivity contribution >= 4 is 17.1 Å². The minimum absolute atomic E-state index is 0.0253. The Balaban J connectivity index is 1.98. The van der Waals surface area contributed by atoms with Gasteiger partial charge in [-0.1, -0.05) is 26.0 Å². The van der Waals surface area contributed by atoms with Gasteiger partial charge in [-0.3, -0.25) is 14.9 Å². The number of imidazole rings is 1. The van der Waals surface area contributed by atoms with Gasteiger partial charge in [0.2, 0.25) is 0 Å². The Morgan fingerprint density at radius 3 is 2.75 bits per heavy atom. The van der Waals surface area contributed by atoms with Crippen molar-refractivity contribution in [2.24, 2.45) is 5.92 Å². The highest BCUT2D eigenvalue weighted by Crippen LogP contribution is 2.24. The lowest BCUT2D eigenvalue weighted by Gasteiger charge is -2.04. The summed E-state index contributed by atoms with van der Waals surface area (Å²) in [5.41, 5.74) is 2.66. The third kappa shape index (κ3) is 3.17. The van der Waals surface area contributed by atoms with E-state index in [0.717, 1.165) is 0 Å². The quantitative estimate of drug-likeness (QED) is 0.401. The molecule has 0 aliphatic carbocycles. The molecule has 0 amide bonds. The number of pyridine rings is 1. The molecule has 0 bridgehead atoms. The monoisotopic (exact) mass is 323 g/mol. The van der Waals surface area contributed by atoms with Crippen molar-refractivity contribution in [1.29, 1.82) is 0 Å². The number of rotatable bonds is 5. The van der Waals surface area contributed by atoms with Crippen molar-refractivity contribution < 1.29 is 9.72 Å². The first kappa shape index (κ1) is 15.9. The smallest absolute Gasteiger partial charge is 0.270 e. The fourth-order valence-corrected chi connectivity index (χ4v) is 2.56. The highest BCUT2D eigenvalue weighted by Gasteiger charge is 2.12. The molecule has 0 aliphatic rings. The van der Waals surface area contributed by atoms with Gasteiger partial charge < -0.3 is 4.40 Å². The van der Waals surface area contributed by atoms with Crippen LogP contribution in [0.25, 0.3) is 16.9 Å². The van der Waals surface area contributed by atoms with Gasteiger partial charge in [0.25, 0.3) is 5.69 Å². The number of hydrogen-bond acceptors (Lipinski definition) is 4. The maximum absolute atomic E-state index is 12.2. The number of Topliss-reactive ketones (excluding diaryl/α,β-unsaturated/α-hetero) is 1. The van der Waals surface area contributed by atoms with Crippen molar-refractivity contribution in [3.8, 4) is 11.3 Å². The zero-order valence-corrected chi connectivity index (χ0v) is 13.5. The van der Waals surface area contributed by atoms with E-state index in [-0.39, 0.29) is 11.5 Å². The highest BCUT2D eigenvalue weighted by atomic mass is 16.6. The molecule has 24 heavy (non-hydrogen) atoms. The Morgan fingerprint density at radius 1 is 1.25 bits per heavy atom. The molecule has 1 aromatic carbocycles. The predicted octanol–water partition coefficient (Wildman–Crippen LogP) is 4.14. The number of ketones is 1. The first-order valence-corrected chi connectivity index (χ1v) is 7.71. The van der Waals surface area contributed by atoms with E-state index in [4.69, 9.17) is 0 Å². The van der Waals surface area contributed by atoms with Gasteiger partial charge in [-0.2, -0.15) is 0 Å². The second-order valence-electron chi connectivity index (χ2n) is 6.14. The van der Waals surface area contributed by atoms with Gasteiger partial charge in [-0.25, -0.2) is 4.98 Å². The SMILES string of the molecule is CC(C)CC(=O)c1ccc2nc(-c3cccc([N+](=O)[O-])c3)cn2c1. The van der Waals surface area contributed by atoms with Gasteiger partial charge in [-0.05, 0) is 18.1 Å². The third-order valence-corrected chi connectivity index (χ3v) is 3.72. The van der Waals surface area contributed by atoms with Crippen LogP contribution in [0.3, 0.4) is 0 Å². The molecule has 0 fully saturated rings. The lowest BCUT2D eigenvalue weighted by atomic mass is 10.0. The van der Waals surface area contributed by atoms with E-state index in [2.05, 4.69) is 4.98 Å². The number of nitrogens with zero attached hydrogens (tertiary/aromatic N) is 3. The Hall–Kier alpha value is -3.02. The summed E-state index contributed by atoms with van der Waals surface area (Å²) in [5, 5.41) is 10.9. The summed E-state index contributed by atoms with van der Waals surface area (Å²) in [5.74, 6) is 0.397. The topological polar surface area (TPSA) is 77.5 Å². The molecule has 0 unspecified atom stereocenters. The number of fused-ring (bicyclic) bond motifs is 1. The normalized spacial score (nSPS) is 11.1. The second kappa shape index (κ2) is 6.23. The first-order valence-electron chi connectivity index (χ1n) is 7.71. The van der Waals surface area contributed by atoms with Crippen LogP contribution < -0.4 is 0 Å². The lowest BCUT2D eigenvalue weighted by molar-refractivity contribution is -0.384. The van der Waals surface area contributed by atoms with E-state index in [9.17, 15) is 14.9 Å². The summed E-state index contributed by atoms with van der Waals surface area (Å²) >= 11 is 0. The van der Waals surface area contributed by atoms with E-state index >= 15 is 0 Å². The summed E-state index contributed by atoms with van der Waals surface area (Å²) in [6.45, 7) is 4.02. The van der Waals surface area contributed by atoms with Crippen molar-refractivity contribution in [3.63, 3.8) is 0 Å². The number of carbonyl (C=O) groups excluding carboxylic acids is 1. The van der Waals surface area contributed by atoms with Crippen LogP contribution in [0, 0.1) is 16.0 Å². The summed E-state index contributed by atoms with van der Waals surface area (Å²) in [7, 11) is 0. The fraction of sp³-hybridized carbons (Fsp3) is 0.222. The zero-order valence-electron chi connectivity index (χ0n) is 13.5. The summed E-state index contributed by atoms with van der Waals surface area (Å²) < 4.78 is 1.78. The Bertz CT molecular complexity index is 928. The number of aromatic nitrogens is 2. The number of non-ortho nitro benzene ring substituents is 1. The third-order valence-electron chi connectivity index (χ3n) is 3.72. The van der Waals surface area contributed by atoms with Crippen LogP contribution in [0.2, 0.25) is 0 Å². The fourth-order valence-electron chi connectivity index (χ4n) is 2.56. The molecule has 6 heteroatoms. The van der Waals surface area contributed by atoms with E-state index in [0.29, 0.717) is 34.8 Å². The van der Waals surface area contributed by atoms with Gasteiger partial charge in [0, 0.05) is 42.1 Å². The van der Waals surface area contributed by atoms with Crippen LogP contribution in [0.15, 0.2) is 48.8 Å². The standard InChI is InChI=1S/C18H17N3O3/c1-12(2)8-17(22)14-6-7-18-19-16(11-20(18)10-14)13-4-3-5-15(9-13)21(23)24/h3-7,9-12H,8H2,1-2H3. The molecular weight excluding hydrogens is 306 g/mol. The largest absolute Gasteiger partial charge is 0.306 e. The van der Waals surface area contributed by atoms with Crippen LogP contribution in [0.1, 0.15) is 30.6 Å². The van der Waals surface area contributed by atoms with Gasteiger partial charge in [0.05, 0.1) is 10.6 Å². The number of benzene rings is 1. The minimum Gasteiger partial charge on any atom is -0.306 e. The van der Waals surface area contributed by atoms with E-state index < -0.39 is 4.92 Å². The average molecular weight is 323 g/mol. The summed E-state index contributed by atoms with van der Waals surface area (Å²) in [6, 6.07) is 9.90.